The lowest BCUT2D eigenvalue weighted by Crippen LogP contribution is -1.98. The van der Waals surface area contributed by atoms with Gasteiger partial charge in [0.1, 0.15) is 0 Å². The summed E-state index contributed by atoms with van der Waals surface area (Å²) in [7, 11) is 0. The van der Waals surface area contributed by atoms with Crippen molar-refractivity contribution in [1.82, 2.24) is 4.57 Å². The molecule has 16 heavy (non-hydrogen) atoms. The van der Waals surface area contributed by atoms with E-state index in [1.165, 1.54) is 19.3 Å². The average Bonchev–Trinajstić information content (AvgIpc) is 2.73. The predicted octanol–water partition coefficient (Wildman–Crippen LogP) is 3.64. The van der Waals surface area contributed by atoms with Crippen molar-refractivity contribution in [2.45, 2.75) is 32.7 Å². The molecule has 0 aliphatic rings. The van der Waals surface area contributed by atoms with Gasteiger partial charge in [-0.15, -0.1) is 0 Å². The van der Waals surface area contributed by atoms with Crippen LogP contribution in [0.1, 0.15) is 36.5 Å². The number of carbonyl (C=O) groups is 1. The molecule has 0 spiro atoms. The fraction of sp³-hybridized carbons (Fsp3) is 0.357. The second-order valence-electron chi connectivity index (χ2n) is 4.12. The van der Waals surface area contributed by atoms with Crippen molar-refractivity contribution in [2.75, 3.05) is 0 Å². The first-order chi connectivity index (χ1) is 7.86. The standard InChI is InChI=1S/C14H17NO/c1-2-3-4-9-15-10-8-12-6-5-7-13(11-16)14(12)15/h5-8,10-11H,2-4,9H2,1H3. The molecule has 0 bridgehead atoms. The van der Waals surface area contributed by atoms with E-state index >= 15 is 0 Å². The Labute approximate surface area is 95.9 Å². The lowest BCUT2D eigenvalue weighted by molar-refractivity contribution is 0.112. The van der Waals surface area contributed by atoms with Crippen molar-refractivity contribution in [2.24, 2.45) is 0 Å². The Morgan fingerprint density at radius 3 is 2.88 bits per heavy atom. The number of rotatable bonds is 5. The summed E-state index contributed by atoms with van der Waals surface area (Å²) in [6.07, 6.45) is 6.65. The summed E-state index contributed by atoms with van der Waals surface area (Å²) < 4.78 is 2.19. The number of aryl methyl sites for hydroxylation is 1. The van der Waals surface area contributed by atoms with E-state index in [2.05, 4.69) is 29.8 Å². The molecule has 0 fully saturated rings. The number of hydrogen-bond acceptors (Lipinski definition) is 1. The van der Waals surface area contributed by atoms with Crippen LogP contribution in [0.25, 0.3) is 10.9 Å². The number of benzene rings is 1. The zero-order valence-electron chi connectivity index (χ0n) is 9.65. The summed E-state index contributed by atoms with van der Waals surface area (Å²) in [6, 6.07) is 7.95. The molecule has 0 saturated heterocycles. The molecular formula is C14H17NO. The molecule has 0 amide bonds. The van der Waals surface area contributed by atoms with Gasteiger partial charge in [-0.2, -0.15) is 0 Å². The number of para-hydroxylation sites is 1. The molecule has 2 nitrogen and oxygen atoms in total. The fourth-order valence-electron chi connectivity index (χ4n) is 2.10. The highest BCUT2D eigenvalue weighted by Gasteiger charge is 2.04. The quantitative estimate of drug-likeness (QED) is 0.551. The fourth-order valence-corrected chi connectivity index (χ4v) is 2.10. The summed E-state index contributed by atoms with van der Waals surface area (Å²) in [5.74, 6) is 0. The van der Waals surface area contributed by atoms with E-state index in [0.29, 0.717) is 0 Å². The van der Waals surface area contributed by atoms with Crippen LogP contribution in [-0.2, 0) is 6.54 Å². The van der Waals surface area contributed by atoms with Gasteiger partial charge in [-0.1, -0.05) is 31.9 Å². The normalized spacial score (nSPS) is 10.8. The number of aldehydes is 1. The van der Waals surface area contributed by atoms with Crippen molar-refractivity contribution >= 4 is 17.2 Å². The lowest BCUT2D eigenvalue weighted by Gasteiger charge is -2.06. The van der Waals surface area contributed by atoms with Crippen LogP contribution in [-0.4, -0.2) is 10.9 Å². The van der Waals surface area contributed by atoms with Crippen LogP contribution >= 0.6 is 0 Å². The molecular weight excluding hydrogens is 198 g/mol. The number of fused-ring (bicyclic) bond motifs is 1. The van der Waals surface area contributed by atoms with Gasteiger partial charge >= 0.3 is 0 Å². The van der Waals surface area contributed by atoms with Gasteiger partial charge in [0.15, 0.2) is 6.29 Å². The Morgan fingerprint density at radius 2 is 2.12 bits per heavy atom. The van der Waals surface area contributed by atoms with Crippen molar-refractivity contribution < 1.29 is 4.79 Å². The molecule has 1 aromatic heterocycles. The highest BCUT2D eigenvalue weighted by Crippen LogP contribution is 2.19. The molecule has 0 aliphatic heterocycles. The Hall–Kier alpha value is -1.57. The van der Waals surface area contributed by atoms with Gasteiger partial charge in [-0.25, -0.2) is 0 Å². The van der Waals surface area contributed by atoms with Crippen LogP contribution in [0.15, 0.2) is 30.5 Å². The Morgan fingerprint density at radius 1 is 1.25 bits per heavy atom. The number of hydrogen-bond donors (Lipinski definition) is 0. The highest BCUT2D eigenvalue weighted by molar-refractivity contribution is 5.96. The highest BCUT2D eigenvalue weighted by atomic mass is 16.1. The van der Waals surface area contributed by atoms with E-state index in [-0.39, 0.29) is 0 Å². The number of carbonyl (C=O) groups excluding carboxylic acids is 1. The van der Waals surface area contributed by atoms with E-state index in [4.69, 9.17) is 0 Å². The molecule has 2 rings (SSSR count). The topological polar surface area (TPSA) is 22.0 Å². The van der Waals surface area contributed by atoms with Gasteiger partial charge < -0.3 is 4.57 Å². The zero-order chi connectivity index (χ0) is 11.4. The number of nitrogens with zero attached hydrogens (tertiary/aromatic N) is 1. The minimum Gasteiger partial charge on any atom is -0.347 e. The maximum atomic E-state index is 11.0. The maximum Gasteiger partial charge on any atom is 0.152 e. The Balaban J connectivity index is 2.34. The van der Waals surface area contributed by atoms with E-state index in [0.717, 1.165) is 29.3 Å². The summed E-state index contributed by atoms with van der Waals surface area (Å²) in [5.41, 5.74) is 1.87. The molecule has 0 saturated carbocycles. The Kier molecular flexibility index (Phi) is 3.40. The van der Waals surface area contributed by atoms with Crippen molar-refractivity contribution in [3.8, 4) is 0 Å². The zero-order valence-corrected chi connectivity index (χ0v) is 9.65. The van der Waals surface area contributed by atoms with Crippen molar-refractivity contribution in [3.05, 3.63) is 36.0 Å². The first-order valence-electron chi connectivity index (χ1n) is 5.90. The molecule has 0 atom stereocenters. The third kappa shape index (κ3) is 2.01. The van der Waals surface area contributed by atoms with Gasteiger partial charge in [-0.3, -0.25) is 4.79 Å². The molecule has 2 heteroatoms. The molecule has 2 aromatic rings. The van der Waals surface area contributed by atoms with Crippen molar-refractivity contribution in [3.63, 3.8) is 0 Å². The van der Waals surface area contributed by atoms with Crippen molar-refractivity contribution in [1.29, 1.82) is 0 Å². The summed E-state index contributed by atoms with van der Waals surface area (Å²) in [5, 5.41) is 1.15. The van der Waals surface area contributed by atoms with Gasteiger partial charge in [-0.05, 0) is 18.6 Å². The van der Waals surface area contributed by atoms with Gasteiger partial charge in [0.2, 0.25) is 0 Å². The van der Waals surface area contributed by atoms with E-state index < -0.39 is 0 Å². The maximum absolute atomic E-state index is 11.0. The third-order valence-corrected chi connectivity index (χ3v) is 2.95. The molecule has 0 aliphatic carbocycles. The van der Waals surface area contributed by atoms with Crippen LogP contribution in [0.3, 0.4) is 0 Å². The van der Waals surface area contributed by atoms with Crippen LogP contribution in [0, 0.1) is 0 Å². The van der Waals surface area contributed by atoms with Gasteiger partial charge in [0.05, 0.1) is 5.52 Å². The number of unbranched alkanes of at least 4 members (excludes halogenated alkanes) is 2. The SMILES string of the molecule is CCCCCn1ccc2cccc(C=O)c21. The minimum atomic E-state index is 0.791. The molecule has 0 unspecified atom stereocenters. The van der Waals surface area contributed by atoms with Crippen LogP contribution in [0.2, 0.25) is 0 Å². The monoisotopic (exact) mass is 215 g/mol. The van der Waals surface area contributed by atoms with E-state index in [1.54, 1.807) is 0 Å². The molecule has 0 radical (unpaired) electrons. The largest absolute Gasteiger partial charge is 0.347 e. The third-order valence-electron chi connectivity index (χ3n) is 2.95. The average molecular weight is 215 g/mol. The van der Waals surface area contributed by atoms with Gasteiger partial charge in [0, 0.05) is 23.7 Å². The first kappa shape index (κ1) is 10.9. The second-order valence-corrected chi connectivity index (χ2v) is 4.12. The lowest BCUT2D eigenvalue weighted by atomic mass is 10.1. The predicted molar refractivity (Wildman–Crippen MR) is 66.9 cm³/mol. The first-order valence-corrected chi connectivity index (χ1v) is 5.90. The van der Waals surface area contributed by atoms with Crippen LogP contribution in [0.5, 0.6) is 0 Å². The second kappa shape index (κ2) is 4.97. The molecule has 0 N–H and O–H groups in total. The minimum absolute atomic E-state index is 0.791. The summed E-state index contributed by atoms with van der Waals surface area (Å²) >= 11 is 0. The van der Waals surface area contributed by atoms with E-state index in [9.17, 15) is 4.79 Å². The van der Waals surface area contributed by atoms with E-state index in [1.807, 2.05) is 12.1 Å². The smallest absolute Gasteiger partial charge is 0.152 e. The number of aromatic nitrogens is 1. The Bertz CT molecular complexity index is 484. The summed E-state index contributed by atoms with van der Waals surface area (Å²) in [6.45, 7) is 3.20. The molecule has 1 heterocycles. The van der Waals surface area contributed by atoms with Crippen LogP contribution in [0.4, 0.5) is 0 Å². The molecule has 1 aromatic carbocycles. The summed E-state index contributed by atoms with van der Waals surface area (Å²) in [4.78, 5) is 11.0. The van der Waals surface area contributed by atoms with Crippen LogP contribution < -0.4 is 0 Å². The van der Waals surface area contributed by atoms with Gasteiger partial charge in [0.25, 0.3) is 0 Å². The molecule has 84 valence electrons.